The molecule has 1 fully saturated rings. The lowest BCUT2D eigenvalue weighted by Gasteiger charge is -2.29. The monoisotopic (exact) mass is 336 g/mol. The molecule has 0 spiro atoms. The van der Waals surface area contributed by atoms with Crippen molar-refractivity contribution < 1.29 is 18.0 Å². The van der Waals surface area contributed by atoms with Crippen LogP contribution >= 0.6 is 0 Å². The van der Waals surface area contributed by atoms with Gasteiger partial charge in [-0.1, -0.05) is 0 Å². The van der Waals surface area contributed by atoms with E-state index in [-0.39, 0.29) is 30.0 Å². The Bertz CT molecular complexity index is 771. The molecule has 3 heterocycles. The van der Waals surface area contributed by atoms with E-state index in [1.54, 1.807) is 12.4 Å². The van der Waals surface area contributed by atoms with Crippen LogP contribution in [0.1, 0.15) is 29.3 Å². The molecule has 2 aliphatic rings. The number of nitrogens with zero attached hydrogens (tertiary/aromatic N) is 4. The number of alkyl halides is 3. The molecular formula is C16H15F3N4O. The number of imidazole rings is 1. The van der Waals surface area contributed by atoms with Crippen LogP contribution in [-0.2, 0) is 24.1 Å². The molecule has 0 radical (unpaired) electrons. The number of amides is 1. The summed E-state index contributed by atoms with van der Waals surface area (Å²) < 4.78 is 40.5. The third-order valence-electron chi connectivity index (χ3n) is 4.72. The average Bonchev–Trinajstić information content (AvgIpc) is 3.24. The molecule has 4 rings (SSSR count). The van der Waals surface area contributed by atoms with Crippen molar-refractivity contribution in [2.24, 2.45) is 5.92 Å². The van der Waals surface area contributed by atoms with Crippen LogP contribution in [0.2, 0.25) is 0 Å². The van der Waals surface area contributed by atoms with Gasteiger partial charge in [-0.2, -0.15) is 13.2 Å². The molecule has 0 N–H and O–H groups in total. The number of rotatable bonds is 2. The van der Waals surface area contributed by atoms with E-state index >= 15 is 0 Å². The number of hydrogen-bond acceptors (Lipinski definition) is 3. The zero-order valence-corrected chi connectivity index (χ0v) is 12.7. The predicted molar refractivity (Wildman–Crippen MR) is 77.7 cm³/mol. The van der Waals surface area contributed by atoms with Crippen LogP contribution < -0.4 is 0 Å². The molecule has 1 saturated carbocycles. The number of fused-ring (bicyclic) bond motifs is 1. The van der Waals surface area contributed by atoms with Crippen LogP contribution in [0.3, 0.4) is 0 Å². The van der Waals surface area contributed by atoms with Gasteiger partial charge in [0, 0.05) is 31.4 Å². The highest BCUT2D eigenvalue weighted by Crippen LogP contribution is 2.48. The Hall–Kier alpha value is -2.38. The molecule has 2 aromatic heterocycles. The third-order valence-corrected chi connectivity index (χ3v) is 4.72. The smallest absolute Gasteiger partial charge is 0.335 e. The molecule has 0 aromatic carbocycles. The number of carbonyl (C=O) groups excluding carboxylic acids is 1. The van der Waals surface area contributed by atoms with Gasteiger partial charge >= 0.3 is 6.18 Å². The van der Waals surface area contributed by atoms with Gasteiger partial charge < -0.3 is 9.47 Å². The molecule has 0 unspecified atom stereocenters. The van der Waals surface area contributed by atoms with Gasteiger partial charge in [-0.05, 0) is 30.0 Å². The summed E-state index contributed by atoms with van der Waals surface area (Å²) in [7, 11) is 0. The molecule has 24 heavy (non-hydrogen) atoms. The lowest BCUT2D eigenvalue weighted by molar-refractivity contribution is -0.143. The Labute approximate surface area is 136 Å². The van der Waals surface area contributed by atoms with Crippen LogP contribution in [0.4, 0.5) is 13.2 Å². The second-order valence-electron chi connectivity index (χ2n) is 6.22. The van der Waals surface area contributed by atoms with Gasteiger partial charge in [0.05, 0.1) is 18.6 Å². The minimum Gasteiger partial charge on any atom is -0.335 e. The van der Waals surface area contributed by atoms with E-state index in [1.807, 2.05) is 12.1 Å². The van der Waals surface area contributed by atoms with Gasteiger partial charge in [0.25, 0.3) is 0 Å². The van der Waals surface area contributed by atoms with Crippen LogP contribution in [0, 0.1) is 5.92 Å². The van der Waals surface area contributed by atoms with Crippen molar-refractivity contribution in [3.63, 3.8) is 0 Å². The largest absolute Gasteiger partial charge is 0.435 e. The van der Waals surface area contributed by atoms with E-state index in [9.17, 15) is 18.0 Å². The van der Waals surface area contributed by atoms with Gasteiger partial charge in [-0.25, -0.2) is 4.98 Å². The average molecular weight is 336 g/mol. The number of pyridine rings is 1. The fourth-order valence-electron chi connectivity index (χ4n) is 3.36. The summed E-state index contributed by atoms with van der Waals surface area (Å²) in [6, 6.07) is 3.76. The number of hydrogen-bond donors (Lipinski definition) is 0. The van der Waals surface area contributed by atoms with Crippen molar-refractivity contribution >= 4 is 5.91 Å². The van der Waals surface area contributed by atoms with Crippen LogP contribution in [0.25, 0.3) is 0 Å². The molecule has 0 saturated heterocycles. The lowest BCUT2D eigenvalue weighted by Crippen LogP contribution is -2.39. The van der Waals surface area contributed by atoms with E-state index in [4.69, 9.17) is 0 Å². The number of carbonyl (C=O) groups is 1. The fraction of sp³-hybridized carbons (Fsp3) is 0.438. The molecule has 1 amide bonds. The first kappa shape index (κ1) is 15.2. The standard InChI is InChI=1S/C16H15F3N4O/c17-16(18,19)14-13-8-22(5-6-23(13)9-21-14)15(24)12-7-11(12)10-1-3-20-4-2-10/h1-4,9,11-12H,5-8H2/t11-,12+/m1/s1. The van der Waals surface area contributed by atoms with Crippen molar-refractivity contribution in [2.75, 3.05) is 6.54 Å². The first-order chi connectivity index (χ1) is 11.4. The van der Waals surface area contributed by atoms with E-state index in [2.05, 4.69) is 9.97 Å². The zero-order valence-electron chi connectivity index (χ0n) is 12.7. The first-order valence-electron chi connectivity index (χ1n) is 7.75. The van der Waals surface area contributed by atoms with E-state index in [1.165, 1.54) is 15.8 Å². The van der Waals surface area contributed by atoms with Gasteiger partial charge in [0.1, 0.15) is 0 Å². The zero-order chi connectivity index (χ0) is 16.9. The van der Waals surface area contributed by atoms with E-state index in [0.29, 0.717) is 13.1 Å². The fourth-order valence-corrected chi connectivity index (χ4v) is 3.36. The Balaban J connectivity index is 1.49. The highest BCUT2D eigenvalue weighted by molar-refractivity contribution is 5.83. The summed E-state index contributed by atoms with van der Waals surface area (Å²) >= 11 is 0. The SMILES string of the molecule is O=C([C@H]1C[C@@H]1c1ccncc1)N1CCn2cnc(C(F)(F)F)c2C1. The van der Waals surface area contributed by atoms with Gasteiger partial charge in [-0.3, -0.25) is 9.78 Å². The molecule has 8 heteroatoms. The normalized spacial score (nSPS) is 23.0. The summed E-state index contributed by atoms with van der Waals surface area (Å²) in [5, 5.41) is 0. The third kappa shape index (κ3) is 2.55. The van der Waals surface area contributed by atoms with Crippen molar-refractivity contribution in [1.82, 2.24) is 19.4 Å². The van der Waals surface area contributed by atoms with Crippen molar-refractivity contribution in [3.8, 4) is 0 Å². The Morgan fingerprint density at radius 1 is 1.21 bits per heavy atom. The topological polar surface area (TPSA) is 51.0 Å². The maximum atomic E-state index is 13.0. The minimum atomic E-state index is -4.49. The highest BCUT2D eigenvalue weighted by atomic mass is 19.4. The molecule has 1 aliphatic carbocycles. The molecular weight excluding hydrogens is 321 g/mol. The van der Waals surface area contributed by atoms with Gasteiger partial charge in [0.2, 0.25) is 5.91 Å². The van der Waals surface area contributed by atoms with Crippen molar-refractivity contribution in [1.29, 1.82) is 0 Å². The highest BCUT2D eigenvalue weighted by Gasteiger charge is 2.47. The van der Waals surface area contributed by atoms with Crippen molar-refractivity contribution in [3.05, 3.63) is 47.8 Å². The summed E-state index contributed by atoms with van der Waals surface area (Å²) in [6.07, 6.45) is 0.821. The van der Waals surface area contributed by atoms with Crippen molar-refractivity contribution in [2.45, 2.75) is 31.6 Å². The van der Waals surface area contributed by atoms with Crippen LogP contribution in [0.5, 0.6) is 0 Å². The molecule has 1 aliphatic heterocycles. The Morgan fingerprint density at radius 3 is 2.67 bits per heavy atom. The summed E-state index contributed by atoms with van der Waals surface area (Å²) in [6.45, 7) is 0.725. The molecule has 2 aromatic rings. The maximum absolute atomic E-state index is 13.0. The maximum Gasteiger partial charge on any atom is 0.435 e. The van der Waals surface area contributed by atoms with Crippen LogP contribution in [0.15, 0.2) is 30.9 Å². The summed E-state index contributed by atoms with van der Waals surface area (Å²) in [4.78, 5) is 21.6. The summed E-state index contributed by atoms with van der Waals surface area (Å²) in [5.41, 5.74) is 0.242. The second kappa shape index (κ2) is 5.32. The van der Waals surface area contributed by atoms with E-state index in [0.717, 1.165) is 12.0 Å². The second-order valence-corrected chi connectivity index (χ2v) is 6.22. The Morgan fingerprint density at radius 2 is 1.96 bits per heavy atom. The molecule has 2 atom stereocenters. The molecule has 5 nitrogen and oxygen atoms in total. The van der Waals surface area contributed by atoms with Crippen LogP contribution in [-0.4, -0.2) is 31.9 Å². The van der Waals surface area contributed by atoms with Gasteiger partial charge in [0.15, 0.2) is 5.69 Å². The minimum absolute atomic E-state index is 0.0345. The predicted octanol–water partition coefficient (Wildman–Crippen LogP) is 2.44. The number of halogens is 3. The van der Waals surface area contributed by atoms with E-state index < -0.39 is 11.9 Å². The lowest BCUT2D eigenvalue weighted by atomic mass is 10.1. The quantitative estimate of drug-likeness (QED) is 0.846. The molecule has 126 valence electrons. The summed E-state index contributed by atoms with van der Waals surface area (Å²) in [5.74, 6) is -0.0666. The first-order valence-corrected chi connectivity index (χ1v) is 7.75. The number of aromatic nitrogens is 3. The molecule has 0 bridgehead atoms. The Kier molecular flexibility index (Phi) is 3.36. The van der Waals surface area contributed by atoms with Gasteiger partial charge in [-0.15, -0.1) is 0 Å².